The third kappa shape index (κ3) is 5.77. The van der Waals surface area contributed by atoms with E-state index in [2.05, 4.69) is 20.6 Å². The second-order valence-corrected chi connectivity index (χ2v) is 17.6. The molecule has 2 aliphatic rings. The summed E-state index contributed by atoms with van der Waals surface area (Å²) in [5.41, 5.74) is 3.43. The van der Waals surface area contributed by atoms with Gasteiger partial charge in [0.15, 0.2) is 5.60 Å². The van der Waals surface area contributed by atoms with Crippen molar-refractivity contribution in [3.8, 4) is 0 Å². The maximum Gasteiger partial charge on any atom is 0.264 e. The Morgan fingerprint density at radius 3 is 2.65 bits per heavy atom. The number of nitrogens with one attached hydrogen (secondary N) is 2. The predicted octanol–water partition coefficient (Wildman–Crippen LogP) is 5.91. The second kappa shape index (κ2) is 12.7. The van der Waals surface area contributed by atoms with Gasteiger partial charge in [0.25, 0.3) is 5.91 Å². The lowest BCUT2D eigenvalue weighted by molar-refractivity contribution is -0.145. The Bertz CT molecular complexity index is 2010. The molecule has 2 amide bonds. The largest absolute Gasteiger partial charge is 0.395 e. The molecule has 0 saturated carbocycles. The number of hydrogen-bond donors (Lipinski definition) is 3. The molecule has 2 aliphatic heterocycles. The average Bonchev–Trinajstić information content (AvgIpc) is 3.83. The number of hydrogen-bond acceptors (Lipinski definition) is 6. The number of aromatic amines is 1. The number of benzene rings is 3. The summed E-state index contributed by atoms with van der Waals surface area (Å²) in [5.74, 6) is -1.20. The van der Waals surface area contributed by atoms with E-state index in [1.807, 2.05) is 86.0 Å². The summed E-state index contributed by atoms with van der Waals surface area (Å²) in [7, 11) is -1.65. The van der Waals surface area contributed by atoms with Gasteiger partial charge in [-0.1, -0.05) is 60.7 Å². The van der Waals surface area contributed by atoms with Crippen molar-refractivity contribution in [3.63, 3.8) is 0 Å². The Hall–Kier alpha value is -4.65. The third-order valence-corrected chi connectivity index (χ3v) is 12.8. The average molecular weight is 681 g/mol. The van der Waals surface area contributed by atoms with Crippen LogP contribution in [0.3, 0.4) is 0 Å². The van der Waals surface area contributed by atoms with E-state index in [9.17, 15) is 14.7 Å². The molecular formula is C37H41FN6O4Si. The van der Waals surface area contributed by atoms with Crippen molar-refractivity contribution in [1.29, 1.82) is 0 Å². The number of H-pyrrole nitrogens is 1. The first-order valence-corrected chi connectivity index (χ1v) is 19.7. The van der Waals surface area contributed by atoms with Gasteiger partial charge in [-0.05, 0) is 54.9 Å². The van der Waals surface area contributed by atoms with E-state index < -0.39 is 31.6 Å². The normalized spacial score (nSPS) is 22.6. The SMILES string of the molecule is C[C@@H]1[C@@H]([Si](C)(C)F)[C@H](CCn2cc(C(CO)c3ccccc3)nn2)O[C@@]12C(=O)N(C)c1ccc(NC(=O)Cc3c[nH]c4ccccc34)cc12. The summed E-state index contributed by atoms with van der Waals surface area (Å²) < 4.78 is 24.8. The number of carbonyl (C=O) groups excluding carboxylic acids is 2. The lowest BCUT2D eigenvalue weighted by atomic mass is 9.82. The maximum absolute atomic E-state index is 16.3. The summed E-state index contributed by atoms with van der Waals surface area (Å²) in [6.45, 7) is 5.55. The Kier molecular flexibility index (Phi) is 8.50. The minimum atomic E-state index is -3.36. The number of aryl methyl sites for hydroxylation is 1. The molecule has 5 aromatic rings. The fourth-order valence-electron chi connectivity index (χ4n) is 8.05. The molecule has 49 heavy (non-hydrogen) atoms. The molecule has 5 atom stereocenters. The van der Waals surface area contributed by atoms with E-state index in [4.69, 9.17) is 4.74 Å². The quantitative estimate of drug-likeness (QED) is 0.125. The standard InChI is InChI=1S/C37H41FN6O4Si/c1-23-35(49(3,4)38)33(16-17-44-21-31(41-42-44)28(22-45)24-10-6-5-7-11-24)48-37(23)29-19-26(14-15-32(29)43(2)36(37)47)40-34(46)18-25-20-39-30-13-9-8-12-27(25)30/h5-15,19-21,23,28,33,35,39,45H,16-18,22H2,1-4H3,(H,40,46)/t23-,28?,33+,35-,37+/m1/s1. The third-order valence-electron chi connectivity index (χ3n) is 10.3. The first kappa shape index (κ1) is 32.9. The highest BCUT2D eigenvalue weighted by Gasteiger charge is 2.66. The molecule has 0 radical (unpaired) electrons. The van der Waals surface area contributed by atoms with Crippen molar-refractivity contribution >= 4 is 42.5 Å². The van der Waals surface area contributed by atoms with Crippen LogP contribution in [0.5, 0.6) is 0 Å². The molecule has 1 unspecified atom stereocenters. The monoisotopic (exact) mass is 680 g/mol. The van der Waals surface area contributed by atoms with Crippen LogP contribution in [0.15, 0.2) is 85.2 Å². The summed E-state index contributed by atoms with van der Waals surface area (Å²) >= 11 is 0. The molecule has 1 fully saturated rings. The van der Waals surface area contributed by atoms with Gasteiger partial charge in [-0.25, -0.2) is 0 Å². The zero-order valence-electron chi connectivity index (χ0n) is 28.1. The van der Waals surface area contributed by atoms with Crippen LogP contribution in [0.4, 0.5) is 15.5 Å². The molecule has 10 nitrogen and oxygen atoms in total. The number of anilines is 2. The lowest BCUT2D eigenvalue weighted by Crippen LogP contribution is -2.44. The number of para-hydroxylation sites is 1. The molecule has 1 saturated heterocycles. The van der Waals surface area contributed by atoms with Gasteiger partial charge in [0.2, 0.25) is 14.3 Å². The van der Waals surface area contributed by atoms with Crippen molar-refractivity contribution in [3.05, 3.63) is 108 Å². The van der Waals surface area contributed by atoms with Gasteiger partial charge in [0, 0.05) is 59.6 Å². The fraction of sp³-hybridized carbons (Fsp3) is 0.351. The molecule has 254 valence electrons. The summed E-state index contributed by atoms with van der Waals surface area (Å²) in [6, 6.07) is 22.9. The molecule has 0 bridgehead atoms. The zero-order chi connectivity index (χ0) is 34.5. The van der Waals surface area contributed by atoms with Crippen LogP contribution in [0, 0.1) is 5.92 Å². The first-order valence-electron chi connectivity index (χ1n) is 16.7. The molecule has 1 spiro atoms. The topological polar surface area (TPSA) is 125 Å². The van der Waals surface area contributed by atoms with Crippen molar-refractivity contribution < 1.29 is 23.5 Å². The highest BCUT2D eigenvalue weighted by Crippen LogP contribution is 2.60. The number of ether oxygens (including phenoxy) is 1. The molecular weight excluding hydrogens is 640 g/mol. The Morgan fingerprint density at radius 2 is 1.90 bits per heavy atom. The fourth-order valence-corrected chi connectivity index (χ4v) is 10.6. The number of rotatable bonds is 10. The van der Waals surface area contributed by atoms with Crippen molar-refractivity contribution in [2.45, 2.75) is 62.6 Å². The minimum absolute atomic E-state index is 0.112. The van der Waals surface area contributed by atoms with Crippen LogP contribution in [0.25, 0.3) is 10.9 Å². The van der Waals surface area contributed by atoms with Crippen LogP contribution in [-0.2, 0) is 32.9 Å². The molecule has 3 N–H and O–H groups in total. The molecule has 7 rings (SSSR count). The molecule has 0 aliphatic carbocycles. The number of aliphatic hydroxyl groups is 1. The van der Waals surface area contributed by atoms with E-state index in [1.165, 1.54) is 0 Å². The van der Waals surface area contributed by atoms with Crippen LogP contribution in [0.1, 0.15) is 41.6 Å². The second-order valence-electron chi connectivity index (χ2n) is 13.8. The number of halogens is 1. The number of aliphatic hydroxyl groups excluding tert-OH is 1. The highest BCUT2D eigenvalue weighted by atomic mass is 28.4. The minimum Gasteiger partial charge on any atom is -0.395 e. The molecule has 2 aromatic heterocycles. The summed E-state index contributed by atoms with van der Waals surface area (Å²) in [5, 5.41) is 22.8. The van der Waals surface area contributed by atoms with Gasteiger partial charge >= 0.3 is 0 Å². The first-order chi connectivity index (χ1) is 23.5. The van der Waals surface area contributed by atoms with Crippen molar-refractivity contribution in [1.82, 2.24) is 20.0 Å². The zero-order valence-corrected chi connectivity index (χ0v) is 29.1. The summed E-state index contributed by atoms with van der Waals surface area (Å²) in [6.07, 6.45) is 3.70. The Morgan fingerprint density at radius 1 is 1.14 bits per heavy atom. The van der Waals surface area contributed by atoms with Crippen LogP contribution < -0.4 is 10.2 Å². The number of nitrogens with zero attached hydrogens (tertiary/aromatic N) is 4. The van der Waals surface area contributed by atoms with Gasteiger partial charge in [-0.2, -0.15) is 0 Å². The van der Waals surface area contributed by atoms with Crippen LogP contribution in [0.2, 0.25) is 18.6 Å². The number of amides is 2. The van der Waals surface area contributed by atoms with Crippen molar-refractivity contribution in [2.75, 3.05) is 23.9 Å². The van der Waals surface area contributed by atoms with Crippen LogP contribution >= 0.6 is 0 Å². The predicted molar refractivity (Wildman–Crippen MR) is 189 cm³/mol. The van der Waals surface area contributed by atoms with E-state index >= 15 is 4.11 Å². The maximum atomic E-state index is 16.3. The lowest BCUT2D eigenvalue weighted by Gasteiger charge is -2.31. The molecule has 4 heterocycles. The number of fused-ring (bicyclic) bond motifs is 3. The van der Waals surface area contributed by atoms with E-state index in [-0.39, 0.29) is 30.8 Å². The van der Waals surface area contributed by atoms with E-state index in [0.29, 0.717) is 35.6 Å². The Balaban J connectivity index is 1.13. The smallest absolute Gasteiger partial charge is 0.264 e. The Labute approximate surface area is 285 Å². The van der Waals surface area contributed by atoms with Crippen LogP contribution in [-0.4, -0.2) is 65.1 Å². The molecule has 3 aromatic carbocycles. The molecule has 12 heteroatoms. The highest BCUT2D eigenvalue weighted by molar-refractivity contribution is 6.72. The van der Waals surface area contributed by atoms with Crippen molar-refractivity contribution in [2.24, 2.45) is 5.92 Å². The van der Waals surface area contributed by atoms with Gasteiger partial charge in [0.05, 0.1) is 36.4 Å². The van der Waals surface area contributed by atoms with Gasteiger partial charge in [-0.3, -0.25) is 14.3 Å². The number of aromatic nitrogens is 4. The van der Waals surface area contributed by atoms with Gasteiger partial charge in [0.1, 0.15) is 0 Å². The number of carbonyl (C=O) groups is 2. The number of likely N-dealkylation sites (N-methyl/N-ethyl adjacent to an activating group) is 1. The van der Waals surface area contributed by atoms with Gasteiger partial charge < -0.3 is 29.2 Å². The summed E-state index contributed by atoms with van der Waals surface area (Å²) in [4.78, 5) is 32.2. The van der Waals surface area contributed by atoms with Gasteiger partial charge in [-0.15, -0.1) is 5.10 Å². The van der Waals surface area contributed by atoms with E-state index in [0.717, 1.165) is 22.0 Å². The van der Waals surface area contributed by atoms with E-state index in [1.54, 1.807) is 35.8 Å².